The molecule has 4 fully saturated rings. The molecule has 0 bridgehead atoms. The van der Waals surface area contributed by atoms with Gasteiger partial charge in [0, 0.05) is 82.5 Å². The van der Waals surface area contributed by atoms with Crippen LogP contribution in [0.4, 0.5) is 18.3 Å². The molecule has 4 aliphatic rings. The van der Waals surface area contributed by atoms with E-state index in [0.29, 0.717) is 70.3 Å². The number of nitrogens with one attached hydrogen (secondary N) is 3. The van der Waals surface area contributed by atoms with E-state index in [-0.39, 0.29) is 56.0 Å². The Bertz CT molecular complexity index is 2580. The third-order valence-corrected chi connectivity index (χ3v) is 15.1. The minimum Gasteiger partial charge on any atom is -0.480 e. The zero-order chi connectivity index (χ0) is 50.6. The van der Waals surface area contributed by atoms with Crippen molar-refractivity contribution in [2.45, 2.75) is 83.3 Å². The SMILES string of the molecule is Cc1cnsc1-c1ccc([C@H](CC(=O)NCCN2CCN(C(=O)COc3c(-c4csc(N5CCOCC5)n4)ccc(F)c3F)CC2)NC(=O)[C@@H]2C[C@@H](O)CN2C(=O)[C@@H](NC(=O)C2(F)CC2)C(C)(C)C)cc1. The lowest BCUT2D eigenvalue weighted by molar-refractivity contribution is -0.145. The normalized spacial score (nSPS) is 20.0. The summed E-state index contributed by atoms with van der Waals surface area (Å²) in [5.74, 6) is -5.56. The number of morpholine rings is 1. The van der Waals surface area contributed by atoms with Gasteiger partial charge in [0.25, 0.3) is 11.8 Å². The summed E-state index contributed by atoms with van der Waals surface area (Å²) in [6.45, 7) is 11.2. The Morgan fingerprint density at radius 3 is 2.37 bits per heavy atom. The molecular formula is C49H60F3N9O8S2. The lowest BCUT2D eigenvalue weighted by Crippen LogP contribution is -2.59. The maximum absolute atomic E-state index is 15.2. The zero-order valence-corrected chi connectivity index (χ0v) is 41.8. The number of rotatable bonds is 17. The largest absolute Gasteiger partial charge is 0.480 e. The summed E-state index contributed by atoms with van der Waals surface area (Å²) in [5.41, 5.74) is 0.280. The summed E-state index contributed by atoms with van der Waals surface area (Å²) in [7, 11) is 0. The van der Waals surface area contributed by atoms with E-state index in [4.69, 9.17) is 9.47 Å². The number of thiazole rings is 1. The van der Waals surface area contributed by atoms with Gasteiger partial charge in [0.05, 0.1) is 42.4 Å². The fraction of sp³-hybridized carbons (Fsp3) is 0.531. The van der Waals surface area contributed by atoms with E-state index in [1.165, 1.54) is 33.8 Å². The molecule has 3 saturated heterocycles. The highest BCUT2D eigenvalue weighted by atomic mass is 32.1. The van der Waals surface area contributed by atoms with Crippen molar-refractivity contribution in [2.24, 2.45) is 5.41 Å². The monoisotopic (exact) mass is 1020 g/mol. The number of alkyl halides is 1. The number of hydrogen-bond acceptors (Lipinski definition) is 14. The van der Waals surface area contributed by atoms with E-state index in [9.17, 15) is 37.9 Å². The number of aliphatic hydroxyl groups excluding tert-OH is 1. The van der Waals surface area contributed by atoms with Crippen LogP contribution in [0, 0.1) is 24.0 Å². The number of β-amino-alcohol motifs (C(OH)–C–C–N with tert-alkyl or cyclic N) is 1. The first-order valence-electron chi connectivity index (χ1n) is 23.8. The smallest absolute Gasteiger partial charge is 0.260 e. The van der Waals surface area contributed by atoms with Gasteiger partial charge in [0.2, 0.25) is 23.5 Å². The quantitative estimate of drug-likeness (QED) is 0.118. The average Bonchev–Trinajstić information content (AvgIpc) is 3.65. The summed E-state index contributed by atoms with van der Waals surface area (Å²) in [5, 5.41) is 21.7. The Hall–Kier alpha value is -5.68. The standard InChI is InChI=1S/C49H60F3N9O8S2/c1-29-25-54-71-42(29)31-7-5-30(6-8-31)35(55-44(65)37-23-32(62)26-61(37)45(66)43(48(2,3)4)57-46(67)49(52)11-12-49)24-38(63)53-13-14-58-15-17-59(18-16-58)39(64)27-69-41-33(9-10-34(50)40(41)51)36-28-70-47(56-36)60-19-21-68-22-20-60/h5-10,25,28,32,35,37,43,62H,11-24,26-27H2,1-4H3,(H,53,63)(H,55,65)(H,57,67)/t32-,35+,37+,43-/m1/s1. The van der Waals surface area contributed by atoms with Crippen LogP contribution >= 0.6 is 22.9 Å². The van der Waals surface area contributed by atoms with Crippen LogP contribution in [-0.2, 0) is 28.7 Å². The summed E-state index contributed by atoms with van der Waals surface area (Å²) in [6, 6.07) is 6.63. The first kappa shape index (κ1) is 51.7. The van der Waals surface area contributed by atoms with Crippen molar-refractivity contribution in [2.75, 3.05) is 83.6 Å². The Morgan fingerprint density at radius 2 is 1.70 bits per heavy atom. The number of benzene rings is 2. The first-order chi connectivity index (χ1) is 33.9. The second kappa shape index (κ2) is 22.0. The van der Waals surface area contributed by atoms with Gasteiger partial charge < -0.3 is 45.2 Å². The number of halogens is 3. The van der Waals surface area contributed by atoms with Crippen molar-refractivity contribution in [3.05, 3.63) is 70.7 Å². The number of amides is 5. The lowest BCUT2D eigenvalue weighted by atomic mass is 9.85. The van der Waals surface area contributed by atoms with Crippen LogP contribution in [0.2, 0.25) is 0 Å². The molecule has 1 aliphatic carbocycles. The molecule has 3 aliphatic heterocycles. The summed E-state index contributed by atoms with van der Waals surface area (Å²) in [6.07, 6.45) is 0.611. The van der Waals surface area contributed by atoms with Gasteiger partial charge >= 0.3 is 0 Å². The Morgan fingerprint density at radius 1 is 0.986 bits per heavy atom. The number of aliphatic hydroxyl groups is 1. The Balaban J connectivity index is 0.858. The number of ether oxygens (including phenoxy) is 2. The number of hydrogen-bond donors (Lipinski definition) is 4. The van der Waals surface area contributed by atoms with Crippen LogP contribution in [0.1, 0.15) is 63.6 Å². The summed E-state index contributed by atoms with van der Waals surface area (Å²) >= 11 is 2.72. The molecule has 4 N–H and O–H groups in total. The van der Waals surface area contributed by atoms with Crippen molar-refractivity contribution in [1.82, 2.24) is 40.0 Å². The molecule has 0 unspecified atom stereocenters. The first-order valence-corrected chi connectivity index (χ1v) is 25.5. The molecule has 17 nitrogen and oxygen atoms in total. The molecular weight excluding hydrogens is 964 g/mol. The van der Waals surface area contributed by atoms with Crippen molar-refractivity contribution in [1.29, 1.82) is 0 Å². The average molecular weight is 1020 g/mol. The van der Waals surface area contributed by atoms with E-state index < -0.39 is 77.2 Å². The number of carbonyl (C=O) groups excluding carboxylic acids is 5. The molecule has 382 valence electrons. The van der Waals surface area contributed by atoms with Crippen LogP contribution in [0.15, 0.2) is 48.0 Å². The van der Waals surface area contributed by atoms with Crippen LogP contribution in [-0.4, -0.2) is 161 Å². The summed E-state index contributed by atoms with van der Waals surface area (Å²) in [4.78, 5) is 80.6. The Labute approximate surface area is 418 Å². The molecule has 0 spiro atoms. The van der Waals surface area contributed by atoms with Gasteiger partial charge in [0.1, 0.15) is 12.1 Å². The molecule has 0 radical (unpaired) electrons. The molecule has 4 atom stereocenters. The minimum absolute atomic E-state index is 0.0625. The molecule has 5 heterocycles. The van der Waals surface area contributed by atoms with Gasteiger partial charge in [-0.2, -0.15) is 4.39 Å². The number of aryl methyl sites for hydroxylation is 1. The molecule has 5 amide bonds. The number of likely N-dealkylation sites (tertiary alicyclic amines) is 1. The second-order valence-electron chi connectivity index (χ2n) is 19.6. The van der Waals surface area contributed by atoms with E-state index in [0.717, 1.165) is 27.2 Å². The van der Waals surface area contributed by atoms with Gasteiger partial charge in [0.15, 0.2) is 29.0 Å². The molecule has 71 heavy (non-hydrogen) atoms. The van der Waals surface area contributed by atoms with E-state index >= 15 is 4.39 Å². The van der Waals surface area contributed by atoms with E-state index in [2.05, 4.69) is 35.1 Å². The van der Waals surface area contributed by atoms with Crippen molar-refractivity contribution < 1.29 is 51.7 Å². The predicted molar refractivity (Wildman–Crippen MR) is 260 cm³/mol. The van der Waals surface area contributed by atoms with Gasteiger partial charge in [-0.25, -0.2) is 18.1 Å². The highest BCUT2D eigenvalue weighted by Crippen LogP contribution is 2.41. The third-order valence-electron chi connectivity index (χ3n) is 13.3. The zero-order valence-electron chi connectivity index (χ0n) is 40.2. The highest BCUT2D eigenvalue weighted by molar-refractivity contribution is 7.14. The van der Waals surface area contributed by atoms with Crippen molar-refractivity contribution >= 4 is 57.5 Å². The number of nitrogens with zero attached hydrogens (tertiary/aromatic N) is 6. The second-order valence-corrected chi connectivity index (χ2v) is 21.2. The lowest BCUT2D eigenvalue weighted by Gasteiger charge is -2.36. The van der Waals surface area contributed by atoms with Crippen LogP contribution in [0.3, 0.4) is 0 Å². The highest BCUT2D eigenvalue weighted by Gasteiger charge is 2.53. The number of aromatic nitrogens is 2. The van der Waals surface area contributed by atoms with E-state index in [1.807, 2.05) is 31.2 Å². The minimum atomic E-state index is -2.03. The molecule has 1 saturated carbocycles. The van der Waals surface area contributed by atoms with Crippen LogP contribution < -0.4 is 25.6 Å². The van der Waals surface area contributed by atoms with E-state index in [1.54, 1.807) is 37.2 Å². The molecule has 4 aromatic rings. The summed E-state index contributed by atoms with van der Waals surface area (Å²) < 4.78 is 59.7. The number of carbonyl (C=O) groups is 5. The maximum Gasteiger partial charge on any atom is 0.260 e. The molecule has 22 heteroatoms. The Kier molecular flexibility index (Phi) is 16.0. The van der Waals surface area contributed by atoms with Gasteiger partial charge in [-0.3, -0.25) is 28.9 Å². The number of anilines is 1. The topological polar surface area (TPSA) is 199 Å². The number of piperazine rings is 1. The molecule has 2 aromatic carbocycles. The van der Waals surface area contributed by atoms with Crippen molar-refractivity contribution in [3.63, 3.8) is 0 Å². The third kappa shape index (κ3) is 12.3. The van der Waals surface area contributed by atoms with Crippen LogP contribution in [0.25, 0.3) is 21.7 Å². The van der Waals surface area contributed by atoms with Gasteiger partial charge in [-0.05, 0) is 65.5 Å². The van der Waals surface area contributed by atoms with Gasteiger partial charge in [-0.15, -0.1) is 11.3 Å². The maximum atomic E-state index is 15.2. The van der Waals surface area contributed by atoms with Gasteiger partial charge in [-0.1, -0.05) is 45.0 Å². The van der Waals surface area contributed by atoms with Crippen molar-refractivity contribution in [3.8, 4) is 27.4 Å². The van der Waals surface area contributed by atoms with Crippen LogP contribution in [0.5, 0.6) is 5.75 Å². The predicted octanol–water partition coefficient (Wildman–Crippen LogP) is 4.24. The molecule has 2 aromatic heterocycles. The fourth-order valence-electron chi connectivity index (χ4n) is 8.89. The fourth-order valence-corrected chi connectivity index (χ4v) is 10.5. The molecule has 8 rings (SSSR count).